The summed E-state index contributed by atoms with van der Waals surface area (Å²) in [5, 5.41) is 10.2. The van der Waals surface area contributed by atoms with Crippen LogP contribution in [-0.2, 0) is 21.7 Å². The standard InChI is InChI=1S/C11H18N2O4S2/c1-10(2,3)17-9(14)13-19(16)7-6-12-8(18-7)11(4,5)15/h6,15H,1-5H3,(H,13,14)/t19-/m1/s1. The molecule has 0 fully saturated rings. The molecular weight excluding hydrogens is 288 g/mol. The molecule has 8 heteroatoms. The number of hydrogen-bond donors (Lipinski definition) is 2. The van der Waals surface area contributed by atoms with Crippen LogP contribution in [0.2, 0.25) is 0 Å². The molecule has 0 unspecified atom stereocenters. The number of thiazole rings is 1. The first kappa shape index (κ1) is 16.2. The van der Waals surface area contributed by atoms with Crippen molar-refractivity contribution >= 4 is 28.8 Å². The van der Waals surface area contributed by atoms with Gasteiger partial charge in [0, 0.05) is 0 Å². The van der Waals surface area contributed by atoms with Gasteiger partial charge in [-0.3, -0.25) is 0 Å². The molecule has 0 aliphatic heterocycles. The minimum absolute atomic E-state index is 0.350. The van der Waals surface area contributed by atoms with Crippen LogP contribution >= 0.6 is 11.3 Å². The summed E-state index contributed by atoms with van der Waals surface area (Å²) in [6, 6.07) is 0. The first-order chi connectivity index (χ1) is 8.49. The Kier molecular flexibility index (Phi) is 4.83. The number of rotatable bonds is 3. The first-order valence-electron chi connectivity index (χ1n) is 5.59. The van der Waals surface area contributed by atoms with E-state index in [0.717, 1.165) is 11.3 Å². The lowest BCUT2D eigenvalue weighted by atomic mass is 10.2. The Morgan fingerprint density at radius 2 is 2.05 bits per heavy atom. The van der Waals surface area contributed by atoms with Gasteiger partial charge in [0.25, 0.3) is 4.21 Å². The van der Waals surface area contributed by atoms with Crippen molar-refractivity contribution in [2.45, 2.75) is 50.0 Å². The number of aliphatic hydroxyl groups is 1. The van der Waals surface area contributed by atoms with Gasteiger partial charge in [0.1, 0.15) is 27.6 Å². The molecule has 0 aliphatic rings. The molecule has 0 aliphatic carbocycles. The summed E-state index contributed by atoms with van der Waals surface area (Å²) in [7, 11) is 0. The van der Waals surface area contributed by atoms with Gasteiger partial charge in [-0.2, -0.15) is 0 Å². The minimum atomic E-state index is -1.74. The van der Waals surface area contributed by atoms with Crippen LogP contribution in [0.25, 0.3) is 0 Å². The molecule has 1 aromatic rings. The van der Waals surface area contributed by atoms with Gasteiger partial charge >= 0.3 is 6.09 Å². The van der Waals surface area contributed by atoms with E-state index < -0.39 is 28.7 Å². The molecule has 1 amide bonds. The number of ether oxygens (including phenoxy) is 1. The lowest BCUT2D eigenvalue weighted by Gasteiger charge is -2.19. The van der Waals surface area contributed by atoms with Gasteiger partial charge in [0.05, 0.1) is 6.20 Å². The largest absolute Gasteiger partial charge is 0.587 e. The average molecular weight is 306 g/mol. The lowest BCUT2D eigenvalue weighted by Crippen LogP contribution is -2.36. The smallest absolute Gasteiger partial charge is 0.449 e. The van der Waals surface area contributed by atoms with Gasteiger partial charge in [-0.05, 0) is 34.6 Å². The van der Waals surface area contributed by atoms with Crippen molar-refractivity contribution in [1.29, 1.82) is 0 Å². The fourth-order valence-corrected chi connectivity index (χ4v) is 2.81. The number of nitrogens with zero attached hydrogens (tertiary/aromatic N) is 1. The molecule has 19 heavy (non-hydrogen) atoms. The molecule has 0 aromatic carbocycles. The second kappa shape index (κ2) is 5.66. The predicted octanol–water partition coefficient (Wildman–Crippen LogP) is 1.92. The SMILES string of the molecule is CC(C)(C)OC(=O)N[S@+]([O-])c1cnc(C(C)(C)O)s1. The Bertz CT molecular complexity index is 448. The highest BCUT2D eigenvalue weighted by molar-refractivity contribution is 7.92. The fourth-order valence-electron chi connectivity index (χ4n) is 1.05. The second-order valence-corrected chi connectivity index (χ2v) is 7.89. The summed E-state index contributed by atoms with van der Waals surface area (Å²) >= 11 is -0.665. The van der Waals surface area contributed by atoms with Crippen molar-refractivity contribution < 1.29 is 19.2 Å². The van der Waals surface area contributed by atoms with Crippen molar-refractivity contribution in [3.05, 3.63) is 11.2 Å². The zero-order valence-corrected chi connectivity index (χ0v) is 13.1. The van der Waals surface area contributed by atoms with E-state index in [-0.39, 0.29) is 0 Å². The third kappa shape index (κ3) is 5.35. The number of hydrogen-bond acceptors (Lipinski definition) is 6. The average Bonchev–Trinajstić information content (AvgIpc) is 2.61. The molecule has 6 nitrogen and oxygen atoms in total. The molecule has 1 aromatic heterocycles. The van der Waals surface area contributed by atoms with E-state index in [0.29, 0.717) is 9.22 Å². The van der Waals surface area contributed by atoms with Crippen molar-refractivity contribution in [1.82, 2.24) is 9.71 Å². The van der Waals surface area contributed by atoms with Crippen LogP contribution in [0, 0.1) is 0 Å². The summed E-state index contributed by atoms with van der Waals surface area (Å²) in [5.41, 5.74) is -1.75. The summed E-state index contributed by atoms with van der Waals surface area (Å²) in [5.74, 6) is 0. The molecule has 1 rings (SSSR count). The van der Waals surface area contributed by atoms with E-state index >= 15 is 0 Å². The second-order valence-electron chi connectivity index (χ2n) is 5.42. The van der Waals surface area contributed by atoms with E-state index in [9.17, 15) is 14.5 Å². The van der Waals surface area contributed by atoms with Gasteiger partial charge in [-0.15, -0.1) is 4.72 Å². The first-order valence-corrected chi connectivity index (χ1v) is 7.56. The van der Waals surface area contributed by atoms with Gasteiger partial charge in [-0.25, -0.2) is 9.78 Å². The molecular formula is C11H18N2O4S2. The van der Waals surface area contributed by atoms with Gasteiger partial charge in [-0.1, -0.05) is 11.3 Å². The maximum Gasteiger partial charge on any atom is 0.449 e. The van der Waals surface area contributed by atoms with Gasteiger partial charge < -0.3 is 14.4 Å². The van der Waals surface area contributed by atoms with Crippen LogP contribution in [0.15, 0.2) is 10.4 Å². The maximum absolute atomic E-state index is 11.9. The Labute approximate surface area is 119 Å². The van der Waals surface area contributed by atoms with Gasteiger partial charge in [0.2, 0.25) is 0 Å². The zero-order valence-electron chi connectivity index (χ0n) is 11.5. The topological polar surface area (TPSA) is 94.5 Å². The van der Waals surface area contributed by atoms with Crippen LogP contribution in [0.1, 0.15) is 39.6 Å². The lowest BCUT2D eigenvalue weighted by molar-refractivity contribution is 0.0570. The van der Waals surface area contributed by atoms with E-state index in [1.165, 1.54) is 6.20 Å². The quantitative estimate of drug-likeness (QED) is 0.832. The highest BCUT2D eigenvalue weighted by atomic mass is 32.2. The maximum atomic E-state index is 11.9. The molecule has 1 atom stereocenters. The summed E-state index contributed by atoms with van der Waals surface area (Å²) < 4.78 is 19.4. The van der Waals surface area contributed by atoms with E-state index in [1.807, 2.05) is 0 Å². The molecule has 0 spiro atoms. The normalized spacial score (nSPS) is 14.1. The summed E-state index contributed by atoms with van der Waals surface area (Å²) in [4.78, 5) is 15.4. The summed E-state index contributed by atoms with van der Waals surface area (Å²) in [6.45, 7) is 8.32. The van der Waals surface area contributed by atoms with E-state index in [2.05, 4.69) is 9.71 Å². The molecule has 108 valence electrons. The Hall–Kier alpha value is -0.830. The number of nitrogens with one attached hydrogen (secondary N) is 1. The van der Waals surface area contributed by atoms with E-state index in [1.54, 1.807) is 34.6 Å². The third-order valence-corrected chi connectivity index (χ3v) is 4.40. The monoisotopic (exact) mass is 306 g/mol. The Morgan fingerprint density at radius 3 is 2.47 bits per heavy atom. The molecule has 0 saturated heterocycles. The molecule has 0 bridgehead atoms. The van der Waals surface area contributed by atoms with Gasteiger partial charge in [0.15, 0.2) is 0 Å². The van der Waals surface area contributed by atoms with Crippen LogP contribution < -0.4 is 4.72 Å². The minimum Gasteiger partial charge on any atom is -0.587 e. The number of carbonyl (C=O) groups excluding carboxylic acids is 1. The third-order valence-electron chi connectivity index (χ3n) is 1.77. The van der Waals surface area contributed by atoms with Crippen LogP contribution in [0.4, 0.5) is 4.79 Å². The van der Waals surface area contributed by atoms with E-state index in [4.69, 9.17) is 4.74 Å². The van der Waals surface area contributed by atoms with Crippen molar-refractivity contribution in [2.24, 2.45) is 0 Å². The van der Waals surface area contributed by atoms with Crippen LogP contribution in [-0.4, -0.2) is 26.3 Å². The summed E-state index contributed by atoms with van der Waals surface area (Å²) in [6.07, 6.45) is 0.606. The Morgan fingerprint density at radius 1 is 1.47 bits per heavy atom. The predicted molar refractivity (Wildman–Crippen MR) is 73.1 cm³/mol. The zero-order chi connectivity index (χ0) is 14.8. The highest BCUT2D eigenvalue weighted by Crippen LogP contribution is 2.27. The fraction of sp³-hybridized carbons (Fsp3) is 0.636. The van der Waals surface area contributed by atoms with Crippen molar-refractivity contribution in [3.63, 3.8) is 0 Å². The van der Waals surface area contributed by atoms with Crippen LogP contribution in [0.5, 0.6) is 0 Å². The molecule has 0 saturated carbocycles. The van der Waals surface area contributed by atoms with Crippen molar-refractivity contribution in [2.75, 3.05) is 0 Å². The molecule has 2 N–H and O–H groups in total. The highest BCUT2D eigenvalue weighted by Gasteiger charge is 2.27. The Balaban J connectivity index is 2.66. The number of carbonyl (C=O) groups is 1. The molecule has 1 heterocycles. The van der Waals surface area contributed by atoms with Crippen molar-refractivity contribution in [3.8, 4) is 0 Å². The van der Waals surface area contributed by atoms with Crippen LogP contribution in [0.3, 0.4) is 0 Å². The number of aromatic nitrogens is 1. The molecule has 0 radical (unpaired) electrons. The number of amides is 1.